The highest BCUT2D eigenvalue weighted by atomic mass is 32.2. The molecule has 0 heterocycles. The quantitative estimate of drug-likeness (QED) is 0.439. The molecule has 0 aromatic heterocycles. The summed E-state index contributed by atoms with van der Waals surface area (Å²) in [4.78, 5) is 2.59. The lowest BCUT2D eigenvalue weighted by Gasteiger charge is -2.20. The van der Waals surface area contributed by atoms with Crippen LogP contribution in [0.15, 0.2) is 94.7 Å². The van der Waals surface area contributed by atoms with Gasteiger partial charge in [-0.05, 0) is 36.8 Å². The second kappa shape index (κ2) is 9.50. The van der Waals surface area contributed by atoms with Gasteiger partial charge in [0.25, 0.3) is 10.0 Å². The molecule has 3 aromatic carbocycles. The van der Waals surface area contributed by atoms with Crippen LogP contribution in [-0.2, 0) is 20.0 Å². The Morgan fingerprint density at radius 2 is 1.23 bits per heavy atom. The molecule has 9 heteroatoms. The summed E-state index contributed by atoms with van der Waals surface area (Å²) in [6, 6.07) is 22.8. The summed E-state index contributed by atoms with van der Waals surface area (Å²) < 4.78 is 52.8. The first-order valence-corrected chi connectivity index (χ1v) is 12.2. The third-order valence-corrected chi connectivity index (χ3v) is 7.15. The summed E-state index contributed by atoms with van der Waals surface area (Å²) in [5.41, 5.74) is 4.42. The van der Waals surface area contributed by atoms with E-state index in [4.69, 9.17) is 0 Å². The molecule has 0 unspecified atom stereocenters. The van der Waals surface area contributed by atoms with Crippen molar-refractivity contribution in [2.24, 2.45) is 0 Å². The lowest BCUT2D eigenvalue weighted by molar-refractivity contribution is 0.482. The van der Waals surface area contributed by atoms with Crippen LogP contribution in [0.2, 0.25) is 0 Å². The van der Waals surface area contributed by atoms with E-state index < -0.39 is 26.1 Å². The molecule has 0 amide bonds. The number of hydrazine groups is 1. The van der Waals surface area contributed by atoms with Gasteiger partial charge in [0.05, 0.1) is 15.8 Å². The summed E-state index contributed by atoms with van der Waals surface area (Å²) in [5.74, 6) is 0. The van der Waals surface area contributed by atoms with Gasteiger partial charge < -0.3 is 0 Å². The van der Waals surface area contributed by atoms with Gasteiger partial charge in [0.2, 0.25) is 10.0 Å². The minimum atomic E-state index is -3.81. The molecule has 0 spiro atoms. The molecule has 0 aliphatic heterocycles. The van der Waals surface area contributed by atoms with Gasteiger partial charge >= 0.3 is 0 Å². The van der Waals surface area contributed by atoms with Crippen molar-refractivity contribution >= 4 is 20.0 Å². The van der Waals surface area contributed by atoms with Gasteiger partial charge in [-0.2, -0.15) is 0 Å². The predicted octanol–water partition coefficient (Wildman–Crippen LogP) is 2.50. The number of rotatable bonds is 9. The molecule has 3 aromatic rings. The Morgan fingerprint density at radius 1 is 0.700 bits per heavy atom. The monoisotopic (exact) mass is 445 g/mol. The van der Waals surface area contributed by atoms with Crippen LogP contribution in [0, 0.1) is 6.92 Å². The summed E-state index contributed by atoms with van der Waals surface area (Å²) in [6.45, 7) is 1.82. The zero-order chi connectivity index (χ0) is 21.6. The van der Waals surface area contributed by atoms with E-state index in [1.54, 1.807) is 54.6 Å². The van der Waals surface area contributed by atoms with Crippen molar-refractivity contribution in [2.45, 2.75) is 22.8 Å². The maximum Gasteiger partial charge on any atom is 0.253 e. The Kier molecular flexibility index (Phi) is 7.01. The second-order valence-corrected chi connectivity index (χ2v) is 10.1. The van der Waals surface area contributed by atoms with Crippen molar-refractivity contribution in [3.63, 3.8) is 0 Å². The fraction of sp³-hybridized carbons (Fsp3) is 0.143. The average molecular weight is 446 g/mol. The molecule has 0 fully saturated rings. The molecule has 0 aliphatic carbocycles. The normalized spacial score (nSPS) is 13.1. The minimum Gasteiger partial charge on any atom is -0.235 e. The van der Waals surface area contributed by atoms with Crippen LogP contribution in [0.1, 0.15) is 17.2 Å². The van der Waals surface area contributed by atoms with Crippen molar-refractivity contribution < 1.29 is 16.8 Å². The van der Waals surface area contributed by atoms with Crippen LogP contribution in [0.3, 0.4) is 0 Å². The largest absolute Gasteiger partial charge is 0.253 e. The third kappa shape index (κ3) is 5.74. The molecule has 0 saturated heterocycles. The first-order valence-electron chi connectivity index (χ1n) is 9.22. The molecule has 0 aliphatic rings. The standard InChI is InChI=1S/C21H23N3O4S2/c1-17-12-14-20(15-13-17)29(25,26)22-16-21(18-8-4-2-5-9-18)23-24-30(27,28)19-10-6-3-7-11-19/h2-15,21-24H,16H2,1H3/t21-/m0/s1. The maximum atomic E-state index is 12.6. The van der Waals surface area contributed by atoms with E-state index in [0.29, 0.717) is 0 Å². The van der Waals surface area contributed by atoms with Crippen molar-refractivity contribution in [3.05, 3.63) is 96.1 Å². The van der Waals surface area contributed by atoms with Crippen LogP contribution in [0.4, 0.5) is 0 Å². The average Bonchev–Trinajstić information content (AvgIpc) is 2.75. The molecule has 0 saturated carbocycles. The van der Waals surface area contributed by atoms with Crippen LogP contribution in [-0.4, -0.2) is 23.4 Å². The predicted molar refractivity (Wildman–Crippen MR) is 115 cm³/mol. The van der Waals surface area contributed by atoms with Gasteiger partial charge in [-0.3, -0.25) is 0 Å². The van der Waals surface area contributed by atoms with Crippen LogP contribution >= 0.6 is 0 Å². The van der Waals surface area contributed by atoms with Gasteiger partial charge in [0, 0.05) is 6.54 Å². The lowest BCUT2D eigenvalue weighted by atomic mass is 10.1. The SMILES string of the molecule is Cc1ccc(S(=O)(=O)NC[C@H](NNS(=O)(=O)c2ccccc2)c2ccccc2)cc1. The minimum absolute atomic E-state index is 0.0580. The fourth-order valence-electron chi connectivity index (χ4n) is 2.74. The number of aryl methyl sites for hydroxylation is 1. The highest BCUT2D eigenvalue weighted by molar-refractivity contribution is 7.89. The molecule has 158 valence electrons. The van der Waals surface area contributed by atoms with Crippen molar-refractivity contribution in [1.82, 2.24) is 15.0 Å². The second-order valence-electron chi connectivity index (χ2n) is 6.69. The highest BCUT2D eigenvalue weighted by Gasteiger charge is 2.20. The van der Waals surface area contributed by atoms with Gasteiger partial charge in [-0.25, -0.2) is 27.0 Å². The Hall–Kier alpha value is -2.56. The molecule has 3 rings (SSSR count). The third-order valence-electron chi connectivity index (χ3n) is 4.43. The van der Waals surface area contributed by atoms with E-state index >= 15 is 0 Å². The Balaban J connectivity index is 1.76. The van der Waals surface area contributed by atoms with Gasteiger partial charge in [-0.1, -0.05) is 66.2 Å². The summed E-state index contributed by atoms with van der Waals surface area (Å²) in [5, 5.41) is 0. The van der Waals surface area contributed by atoms with E-state index in [9.17, 15) is 16.8 Å². The zero-order valence-electron chi connectivity index (χ0n) is 16.3. The van der Waals surface area contributed by atoms with Gasteiger partial charge in [-0.15, -0.1) is 4.83 Å². The van der Waals surface area contributed by atoms with E-state index in [1.165, 1.54) is 24.3 Å². The number of hydrogen-bond donors (Lipinski definition) is 3. The topological polar surface area (TPSA) is 104 Å². The number of benzene rings is 3. The first-order chi connectivity index (χ1) is 14.3. The van der Waals surface area contributed by atoms with Gasteiger partial charge in [0.15, 0.2) is 0 Å². The summed E-state index contributed by atoms with van der Waals surface area (Å²) in [6.07, 6.45) is 0. The van der Waals surface area contributed by atoms with E-state index in [0.717, 1.165) is 11.1 Å². The van der Waals surface area contributed by atoms with Crippen molar-refractivity contribution in [2.75, 3.05) is 6.54 Å². The van der Waals surface area contributed by atoms with Crippen molar-refractivity contribution in [1.29, 1.82) is 0 Å². The summed E-state index contributed by atoms with van der Waals surface area (Å²) in [7, 11) is -7.57. The number of nitrogens with one attached hydrogen (secondary N) is 3. The molecule has 7 nitrogen and oxygen atoms in total. The Bertz CT molecular complexity index is 1170. The van der Waals surface area contributed by atoms with Crippen LogP contribution in [0.5, 0.6) is 0 Å². The number of sulfonamides is 2. The molecule has 30 heavy (non-hydrogen) atoms. The molecule has 3 N–H and O–H groups in total. The zero-order valence-corrected chi connectivity index (χ0v) is 17.9. The first kappa shape index (κ1) is 22.1. The van der Waals surface area contributed by atoms with Gasteiger partial charge in [0.1, 0.15) is 0 Å². The highest BCUT2D eigenvalue weighted by Crippen LogP contribution is 2.15. The Morgan fingerprint density at radius 3 is 1.83 bits per heavy atom. The summed E-state index contributed by atoms with van der Waals surface area (Å²) >= 11 is 0. The molecule has 1 atom stereocenters. The van der Waals surface area contributed by atoms with E-state index in [-0.39, 0.29) is 16.3 Å². The molecular weight excluding hydrogens is 422 g/mol. The smallest absolute Gasteiger partial charge is 0.235 e. The lowest BCUT2D eigenvalue weighted by Crippen LogP contribution is -2.44. The van der Waals surface area contributed by atoms with Crippen LogP contribution < -0.4 is 15.0 Å². The van der Waals surface area contributed by atoms with Crippen molar-refractivity contribution in [3.8, 4) is 0 Å². The fourth-order valence-corrected chi connectivity index (χ4v) is 4.72. The van der Waals surface area contributed by atoms with Crippen LogP contribution in [0.25, 0.3) is 0 Å². The van der Waals surface area contributed by atoms with E-state index in [1.807, 2.05) is 13.0 Å². The molecule has 0 radical (unpaired) electrons. The molecular formula is C21H23N3O4S2. The Labute approximate surface area is 177 Å². The van der Waals surface area contributed by atoms with E-state index in [2.05, 4.69) is 15.0 Å². The number of hydrogen-bond acceptors (Lipinski definition) is 5. The molecule has 0 bridgehead atoms. The maximum absolute atomic E-state index is 12.6.